The summed E-state index contributed by atoms with van der Waals surface area (Å²) in [4.78, 5) is 39.1. The molecule has 8 nitrogen and oxygen atoms in total. The fourth-order valence-electron chi connectivity index (χ4n) is 3.59. The number of carbonyl (C=O) groups is 3. The molecule has 2 N–H and O–H groups in total. The smallest absolute Gasteiger partial charge is 0.332 e. The third-order valence-corrected chi connectivity index (χ3v) is 5.33. The zero-order chi connectivity index (χ0) is 20.9. The molecule has 156 valence electrons. The van der Waals surface area contributed by atoms with Crippen LogP contribution in [0.1, 0.15) is 32.6 Å². The second-order valence-corrected chi connectivity index (χ2v) is 7.34. The molecule has 2 aliphatic rings. The second kappa shape index (κ2) is 9.34. The largest absolute Gasteiger partial charge is 0.467 e. The molecule has 1 saturated carbocycles. The number of likely N-dealkylation sites (tertiary alicyclic amines) is 1. The fourth-order valence-corrected chi connectivity index (χ4v) is 3.59. The van der Waals surface area contributed by atoms with E-state index < -0.39 is 35.7 Å². The van der Waals surface area contributed by atoms with E-state index in [0.29, 0.717) is 13.0 Å². The van der Waals surface area contributed by atoms with Crippen molar-refractivity contribution < 1.29 is 29.0 Å². The molecule has 1 aliphatic heterocycles. The van der Waals surface area contributed by atoms with E-state index in [0.717, 1.165) is 12.8 Å². The van der Waals surface area contributed by atoms with Gasteiger partial charge in [0.05, 0.1) is 13.2 Å². The molecule has 2 amide bonds. The highest BCUT2D eigenvalue weighted by Crippen LogP contribution is 2.45. The van der Waals surface area contributed by atoms with E-state index in [-0.39, 0.29) is 24.8 Å². The number of nitrogens with zero attached hydrogens (tertiary/aromatic N) is 1. The van der Waals surface area contributed by atoms with Gasteiger partial charge in [0.25, 0.3) is 5.91 Å². The van der Waals surface area contributed by atoms with Gasteiger partial charge in [-0.1, -0.05) is 12.2 Å². The van der Waals surface area contributed by atoms with Gasteiger partial charge in [-0.3, -0.25) is 9.59 Å². The number of aliphatic hydroxyl groups is 1. The van der Waals surface area contributed by atoms with Crippen molar-refractivity contribution in [2.24, 2.45) is 5.92 Å². The number of allylic oxidation sites excluding steroid dienone is 1. The molecule has 8 heteroatoms. The molecule has 0 spiro atoms. The van der Waals surface area contributed by atoms with E-state index >= 15 is 0 Å². The first-order valence-electron chi connectivity index (χ1n) is 9.54. The van der Waals surface area contributed by atoms with Crippen LogP contribution < -0.4 is 5.32 Å². The molecule has 0 aromatic rings. The maximum atomic E-state index is 12.9. The minimum absolute atomic E-state index is 0.0490. The van der Waals surface area contributed by atoms with Crippen molar-refractivity contribution in [3.8, 4) is 0 Å². The number of carbonyl (C=O) groups excluding carboxylic acids is 3. The number of esters is 1. The Morgan fingerprint density at radius 1 is 1.39 bits per heavy atom. The number of ether oxygens (including phenoxy) is 2. The van der Waals surface area contributed by atoms with Crippen LogP contribution in [-0.2, 0) is 23.9 Å². The van der Waals surface area contributed by atoms with Gasteiger partial charge in [0, 0.05) is 25.5 Å². The number of unbranched alkanes of at least 4 members (excludes halogenated alkanes) is 1. The second-order valence-electron chi connectivity index (χ2n) is 7.34. The summed E-state index contributed by atoms with van der Waals surface area (Å²) in [6, 6.07) is -0.866. The first-order chi connectivity index (χ1) is 13.3. The predicted octanol–water partition coefficient (Wildman–Crippen LogP) is 0.553. The van der Waals surface area contributed by atoms with Gasteiger partial charge in [0.1, 0.15) is 17.7 Å². The number of aliphatic hydroxyl groups excluding tert-OH is 1. The standard InChI is InChI=1S/C20H30N2O6/c1-5-7-8-9-28-13(3)18(25)22-12-15(23)10-16(22)17(24)21-20(19(26)27-4)11-14(20)6-2/h5-6,13-16,23H,1-2,7-12H2,3-4H3,(H,21,24). The Labute approximate surface area is 165 Å². The van der Waals surface area contributed by atoms with Crippen molar-refractivity contribution in [3.63, 3.8) is 0 Å². The van der Waals surface area contributed by atoms with E-state index in [1.807, 2.05) is 0 Å². The van der Waals surface area contributed by atoms with Crippen LogP contribution in [0, 0.1) is 5.92 Å². The Hall–Kier alpha value is -2.19. The van der Waals surface area contributed by atoms with Gasteiger partial charge >= 0.3 is 5.97 Å². The van der Waals surface area contributed by atoms with Crippen LogP contribution in [0.2, 0.25) is 0 Å². The Bertz CT molecular complexity index is 636. The highest BCUT2D eigenvalue weighted by molar-refractivity contribution is 5.95. The number of nitrogens with one attached hydrogen (secondary N) is 1. The minimum Gasteiger partial charge on any atom is -0.467 e. The average molecular weight is 394 g/mol. The van der Waals surface area contributed by atoms with Crippen molar-refractivity contribution in [3.05, 3.63) is 25.3 Å². The molecule has 5 unspecified atom stereocenters. The predicted molar refractivity (Wildman–Crippen MR) is 102 cm³/mol. The first kappa shape index (κ1) is 22.1. The normalized spacial score (nSPS) is 29.7. The van der Waals surface area contributed by atoms with Gasteiger partial charge in [-0.05, 0) is 26.2 Å². The van der Waals surface area contributed by atoms with Crippen molar-refractivity contribution in [1.29, 1.82) is 0 Å². The van der Waals surface area contributed by atoms with Crippen LogP contribution in [0.5, 0.6) is 0 Å². The maximum absolute atomic E-state index is 12.9. The van der Waals surface area contributed by atoms with Crippen molar-refractivity contribution in [1.82, 2.24) is 10.2 Å². The Kier molecular flexibility index (Phi) is 7.37. The third-order valence-electron chi connectivity index (χ3n) is 5.33. The molecule has 2 rings (SSSR count). The lowest BCUT2D eigenvalue weighted by Crippen LogP contribution is -2.54. The summed E-state index contributed by atoms with van der Waals surface area (Å²) in [7, 11) is 1.26. The minimum atomic E-state index is -1.14. The zero-order valence-electron chi connectivity index (χ0n) is 16.6. The molecular weight excluding hydrogens is 364 g/mol. The average Bonchev–Trinajstić information content (AvgIpc) is 3.26. The lowest BCUT2D eigenvalue weighted by atomic mass is 10.1. The molecule has 5 atom stereocenters. The number of hydrogen-bond acceptors (Lipinski definition) is 6. The molecule has 1 saturated heterocycles. The number of hydrogen-bond donors (Lipinski definition) is 2. The monoisotopic (exact) mass is 394 g/mol. The number of β-amino-alcohol motifs (C(OH)–C–C–N with tert-alkyl or cyclic N) is 1. The van der Waals surface area contributed by atoms with Crippen LogP contribution in [0.3, 0.4) is 0 Å². The van der Waals surface area contributed by atoms with Crippen LogP contribution >= 0.6 is 0 Å². The highest BCUT2D eigenvalue weighted by atomic mass is 16.5. The number of amides is 2. The summed E-state index contributed by atoms with van der Waals surface area (Å²) < 4.78 is 10.4. The molecule has 0 bridgehead atoms. The van der Waals surface area contributed by atoms with Gasteiger partial charge < -0.3 is 24.8 Å². The van der Waals surface area contributed by atoms with E-state index in [1.54, 1.807) is 19.1 Å². The topological polar surface area (TPSA) is 105 Å². The molecule has 28 heavy (non-hydrogen) atoms. The SMILES string of the molecule is C=CCCCOC(C)C(=O)N1CC(O)CC1C(=O)NC1(C(=O)OC)CC1C=C. The van der Waals surface area contributed by atoms with E-state index in [1.165, 1.54) is 12.0 Å². The van der Waals surface area contributed by atoms with Crippen molar-refractivity contribution in [2.75, 3.05) is 20.3 Å². The molecule has 0 aromatic heterocycles. The van der Waals surface area contributed by atoms with Crippen LogP contribution in [0.15, 0.2) is 25.3 Å². The molecule has 0 radical (unpaired) electrons. The summed E-state index contributed by atoms with van der Waals surface area (Å²) in [5.74, 6) is -1.61. The maximum Gasteiger partial charge on any atom is 0.332 e. The Morgan fingerprint density at radius 2 is 2.11 bits per heavy atom. The van der Waals surface area contributed by atoms with E-state index in [4.69, 9.17) is 9.47 Å². The lowest BCUT2D eigenvalue weighted by molar-refractivity contribution is -0.150. The summed E-state index contributed by atoms with van der Waals surface area (Å²) in [5, 5.41) is 12.8. The third kappa shape index (κ3) is 4.62. The van der Waals surface area contributed by atoms with Crippen LogP contribution in [0.25, 0.3) is 0 Å². The highest BCUT2D eigenvalue weighted by Gasteiger charge is 2.61. The molecule has 2 fully saturated rings. The lowest BCUT2D eigenvalue weighted by Gasteiger charge is -2.28. The summed E-state index contributed by atoms with van der Waals surface area (Å²) in [6.07, 6.45) is 3.88. The number of rotatable bonds is 10. The van der Waals surface area contributed by atoms with E-state index in [2.05, 4.69) is 18.5 Å². The zero-order valence-corrected chi connectivity index (χ0v) is 16.6. The molecule has 1 heterocycles. The van der Waals surface area contributed by atoms with Crippen molar-refractivity contribution in [2.45, 2.75) is 56.4 Å². The van der Waals surface area contributed by atoms with Gasteiger partial charge in [-0.2, -0.15) is 0 Å². The van der Waals surface area contributed by atoms with Gasteiger partial charge in [0.15, 0.2) is 0 Å². The van der Waals surface area contributed by atoms with Gasteiger partial charge in [0.2, 0.25) is 5.91 Å². The van der Waals surface area contributed by atoms with E-state index in [9.17, 15) is 19.5 Å². The van der Waals surface area contributed by atoms with Crippen molar-refractivity contribution >= 4 is 17.8 Å². The Balaban J connectivity index is 2.03. The van der Waals surface area contributed by atoms with Crippen LogP contribution in [-0.4, -0.2) is 71.8 Å². The molecule has 1 aliphatic carbocycles. The van der Waals surface area contributed by atoms with Gasteiger partial charge in [-0.15, -0.1) is 13.2 Å². The van der Waals surface area contributed by atoms with Crippen LogP contribution in [0.4, 0.5) is 0 Å². The summed E-state index contributed by atoms with van der Waals surface area (Å²) in [6.45, 7) is 9.38. The first-order valence-corrected chi connectivity index (χ1v) is 9.54. The fraction of sp³-hybridized carbons (Fsp3) is 0.650. The van der Waals surface area contributed by atoms with Gasteiger partial charge in [-0.25, -0.2) is 4.79 Å². The quantitative estimate of drug-likeness (QED) is 0.319. The summed E-state index contributed by atoms with van der Waals surface area (Å²) >= 11 is 0. The number of methoxy groups -OCH3 is 1. The molecular formula is C20H30N2O6. The summed E-state index contributed by atoms with van der Waals surface area (Å²) in [5.41, 5.74) is -1.14. The Morgan fingerprint density at radius 3 is 2.68 bits per heavy atom. The molecule has 0 aromatic carbocycles.